The normalized spacial score (nSPS) is 10.0. The Morgan fingerprint density at radius 3 is 3.09 bits per heavy atom. The predicted octanol–water partition coefficient (Wildman–Crippen LogP) is 1.48. The third-order valence-electron chi connectivity index (χ3n) is 1.60. The molecule has 0 aliphatic carbocycles. The molecule has 0 bridgehead atoms. The van der Waals surface area contributed by atoms with E-state index in [0.717, 1.165) is 16.5 Å². The summed E-state index contributed by atoms with van der Waals surface area (Å²) in [4.78, 5) is 0. The molecule has 2 aromatic rings. The first kappa shape index (κ1) is 6.23. The van der Waals surface area contributed by atoms with Crippen molar-refractivity contribution >= 4 is 10.9 Å². The Hall–Kier alpha value is -1.49. The van der Waals surface area contributed by atoms with Gasteiger partial charge in [-0.15, -0.1) is 0 Å². The van der Waals surface area contributed by atoms with E-state index in [-0.39, 0.29) is 0 Å². The lowest BCUT2D eigenvalue weighted by molar-refractivity contribution is 0.779. The summed E-state index contributed by atoms with van der Waals surface area (Å²) < 4.78 is 1.79. The van der Waals surface area contributed by atoms with Crippen molar-refractivity contribution in [1.82, 2.24) is 9.78 Å². The minimum atomic E-state index is 0.990. The summed E-state index contributed by atoms with van der Waals surface area (Å²) in [5.41, 5.74) is 2.07. The van der Waals surface area contributed by atoms with Gasteiger partial charge in [0.15, 0.2) is 0 Å². The van der Waals surface area contributed by atoms with Crippen LogP contribution in [0.15, 0.2) is 12.3 Å². The number of hydrogen-bond acceptors (Lipinski definition) is 1. The van der Waals surface area contributed by atoms with E-state index in [1.807, 2.05) is 26.2 Å². The van der Waals surface area contributed by atoms with Crippen LogP contribution in [0.1, 0.15) is 5.56 Å². The first-order valence-electron chi connectivity index (χ1n) is 3.50. The third kappa shape index (κ3) is 0.947. The van der Waals surface area contributed by atoms with E-state index in [2.05, 4.69) is 17.2 Å². The average molecular weight is 144 g/mol. The zero-order valence-electron chi connectivity index (χ0n) is 6.55. The van der Waals surface area contributed by atoms with E-state index in [9.17, 15) is 0 Å². The molecule has 0 aliphatic rings. The Balaban J connectivity index is 2.82. The molecule has 0 unspecified atom stereocenters. The van der Waals surface area contributed by atoms with Gasteiger partial charge in [0.2, 0.25) is 0 Å². The Kier molecular flexibility index (Phi) is 1.13. The molecule has 0 radical (unpaired) electrons. The third-order valence-corrected chi connectivity index (χ3v) is 1.60. The predicted molar refractivity (Wildman–Crippen MR) is 43.1 cm³/mol. The molecule has 1 heterocycles. The molecule has 0 aliphatic heterocycles. The summed E-state index contributed by atoms with van der Waals surface area (Å²) in [7, 11) is 1.91. The van der Waals surface area contributed by atoms with Crippen LogP contribution in [0.5, 0.6) is 0 Å². The van der Waals surface area contributed by atoms with Gasteiger partial charge in [0.25, 0.3) is 0 Å². The maximum absolute atomic E-state index is 4.24. The van der Waals surface area contributed by atoms with Gasteiger partial charge in [0.1, 0.15) is 5.52 Å². The number of rotatable bonds is 0. The number of nitrogens with zero attached hydrogens (tertiary/aromatic N) is 2. The molecule has 0 spiro atoms. The summed E-state index contributed by atoms with van der Waals surface area (Å²) in [6.07, 6.45) is 1.94. The first-order valence-corrected chi connectivity index (χ1v) is 3.50. The molecule has 0 saturated heterocycles. The van der Waals surface area contributed by atoms with Crippen LogP contribution in [0.3, 0.4) is 0 Å². The Bertz CT molecular complexity index is 387. The van der Waals surface area contributed by atoms with Crippen molar-refractivity contribution in [2.24, 2.45) is 7.05 Å². The smallest absolute Gasteiger partial charge is 0.102 e. The van der Waals surface area contributed by atoms with E-state index in [1.54, 1.807) is 4.68 Å². The topological polar surface area (TPSA) is 17.8 Å². The standard InChI is InChI=1S/C9H8N2/c1-7-3-4-8-6-11(2)10-9(8)5-7/h5-6H,1-2H3. The summed E-state index contributed by atoms with van der Waals surface area (Å²) in [5, 5.41) is 5.27. The van der Waals surface area contributed by atoms with Gasteiger partial charge in [-0.3, -0.25) is 4.68 Å². The summed E-state index contributed by atoms with van der Waals surface area (Å²) in [6, 6.07) is 8.05. The van der Waals surface area contributed by atoms with Gasteiger partial charge >= 0.3 is 0 Å². The highest BCUT2D eigenvalue weighted by molar-refractivity contribution is 5.76. The van der Waals surface area contributed by atoms with Crippen molar-refractivity contribution < 1.29 is 0 Å². The van der Waals surface area contributed by atoms with E-state index >= 15 is 0 Å². The van der Waals surface area contributed by atoms with Crippen LogP contribution in [0.4, 0.5) is 0 Å². The lowest BCUT2D eigenvalue weighted by Crippen LogP contribution is -1.84. The van der Waals surface area contributed by atoms with Gasteiger partial charge in [-0.2, -0.15) is 5.10 Å². The lowest BCUT2D eigenvalue weighted by atomic mass is 10.2. The van der Waals surface area contributed by atoms with Crippen molar-refractivity contribution in [2.45, 2.75) is 6.92 Å². The van der Waals surface area contributed by atoms with Crippen molar-refractivity contribution in [3.8, 4) is 0 Å². The zero-order valence-corrected chi connectivity index (χ0v) is 6.55. The highest BCUT2D eigenvalue weighted by atomic mass is 15.2. The molecule has 54 valence electrons. The molecule has 11 heavy (non-hydrogen) atoms. The quantitative estimate of drug-likeness (QED) is 0.547. The summed E-state index contributed by atoms with van der Waals surface area (Å²) in [6.45, 7) is 1.99. The fourth-order valence-corrected chi connectivity index (χ4v) is 1.12. The monoisotopic (exact) mass is 144 g/mol. The Morgan fingerprint density at radius 2 is 2.27 bits per heavy atom. The molecule has 1 aromatic carbocycles. The molecule has 0 saturated carbocycles. The fourth-order valence-electron chi connectivity index (χ4n) is 1.12. The van der Waals surface area contributed by atoms with Crippen molar-refractivity contribution in [3.63, 3.8) is 0 Å². The van der Waals surface area contributed by atoms with Gasteiger partial charge in [0.05, 0.1) is 5.39 Å². The van der Waals surface area contributed by atoms with Crippen LogP contribution < -0.4 is 0 Å². The minimum Gasteiger partial charge on any atom is -0.274 e. The van der Waals surface area contributed by atoms with Gasteiger partial charge in [-0.05, 0) is 13.0 Å². The van der Waals surface area contributed by atoms with E-state index in [0.29, 0.717) is 0 Å². The van der Waals surface area contributed by atoms with Crippen LogP contribution in [-0.4, -0.2) is 9.78 Å². The maximum atomic E-state index is 4.24. The minimum absolute atomic E-state index is 0.990. The van der Waals surface area contributed by atoms with E-state index < -0.39 is 0 Å². The number of aryl methyl sites for hydroxylation is 2. The summed E-state index contributed by atoms with van der Waals surface area (Å²) in [5.74, 6) is 0. The van der Waals surface area contributed by atoms with E-state index in [4.69, 9.17) is 0 Å². The molecule has 2 heteroatoms. The molecular weight excluding hydrogens is 136 g/mol. The van der Waals surface area contributed by atoms with Crippen LogP contribution in [0.25, 0.3) is 10.9 Å². The largest absolute Gasteiger partial charge is 0.274 e. The first-order chi connectivity index (χ1) is 5.25. The van der Waals surface area contributed by atoms with Crippen molar-refractivity contribution in [1.29, 1.82) is 0 Å². The highest BCUT2D eigenvalue weighted by Crippen LogP contribution is 2.08. The second-order valence-electron chi connectivity index (χ2n) is 2.68. The number of fused-ring (bicyclic) bond motifs is 1. The molecule has 0 fully saturated rings. The van der Waals surface area contributed by atoms with Gasteiger partial charge in [0, 0.05) is 18.8 Å². The van der Waals surface area contributed by atoms with Crippen LogP contribution in [0.2, 0.25) is 0 Å². The van der Waals surface area contributed by atoms with Gasteiger partial charge in [-0.25, -0.2) is 0 Å². The fraction of sp³-hybridized carbons (Fsp3) is 0.222. The van der Waals surface area contributed by atoms with Gasteiger partial charge < -0.3 is 0 Å². The molecule has 1 aromatic heterocycles. The van der Waals surface area contributed by atoms with Crippen LogP contribution in [0, 0.1) is 19.1 Å². The van der Waals surface area contributed by atoms with Gasteiger partial charge in [-0.1, -0.05) is 12.1 Å². The molecular formula is C9H8N2. The Morgan fingerprint density at radius 1 is 1.45 bits per heavy atom. The molecule has 2 rings (SSSR count). The Labute approximate surface area is 65.5 Å². The highest BCUT2D eigenvalue weighted by Gasteiger charge is 1.95. The maximum Gasteiger partial charge on any atom is 0.102 e. The SMILES string of the molecule is Cc1c#cc2cn(C)nc2c1. The number of aromatic nitrogens is 2. The lowest BCUT2D eigenvalue weighted by Gasteiger charge is -1.82. The molecule has 2 nitrogen and oxygen atoms in total. The number of hydrogen-bond donors (Lipinski definition) is 0. The average Bonchev–Trinajstić information content (AvgIpc) is 2.27. The molecule has 0 N–H and O–H groups in total. The van der Waals surface area contributed by atoms with Crippen LogP contribution >= 0.6 is 0 Å². The van der Waals surface area contributed by atoms with E-state index in [1.165, 1.54) is 0 Å². The van der Waals surface area contributed by atoms with Crippen LogP contribution in [-0.2, 0) is 7.05 Å². The summed E-state index contributed by atoms with van der Waals surface area (Å²) >= 11 is 0. The van der Waals surface area contributed by atoms with Crippen molar-refractivity contribution in [3.05, 3.63) is 30.0 Å². The second-order valence-corrected chi connectivity index (χ2v) is 2.68. The second kappa shape index (κ2) is 2.00. The zero-order chi connectivity index (χ0) is 7.84. The van der Waals surface area contributed by atoms with Crippen molar-refractivity contribution in [2.75, 3.05) is 0 Å². The molecule has 0 amide bonds. The molecule has 0 atom stereocenters.